The van der Waals surface area contributed by atoms with Gasteiger partial charge in [0, 0.05) is 35.1 Å². The van der Waals surface area contributed by atoms with Crippen LogP contribution in [0.5, 0.6) is 0 Å². The SMILES string of the molecule is CCCCNC(CC#CI)CCC. The van der Waals surface area contributed by atoms with E-state index in [0.29, 0.717) is 6.04 Å². The van der Waals surface area contributed by atoms with E-state index < -0.39 is 0 Å². The monoisotopic (exact) mass is 293 g/mol. The Hall–Kier alpha value is 0.250. The van der Waals surface area contributed by atoms with Crippen LogP contribution in [-0.4, -0.2) is 12.6 Å². The minimum atomic E-state index is 0.610. The van der Waals surface area contributed by atoms with Crippen LogP contribution in [0.15, 0.2) is 0 Å². The van der Waals surface area contributed by atoms with Gasteiger partial charge in [0.25, 0.3) is 0 Å². The smallest absolute Gasteiger partial charge is 0.0251 e. The van der Waals surface area contributed by atoms with Crippen LogP contribution in [0.1, 0.15) is 46.0 Å². The molecule has 76 valence electrons. The van der Waals surface area contributed by atoms with E-state index in [1.54, 1.807) is 0 Å². The third kappa shape index (κ3) is 8.58. The topological polar surface area (TPSA) is 12.0 Å². The first-order valence-corrected chi connectivity index (χ1v) is 6.24. The summed E-state index contributed by atoms with van der Waals surface area (Å²) >= 11 is 2.11. The zero-order chi connectivity index (χ0) is 9.94. The van der Waals surface area contributed by atoms with Gasteiger partial charge < -0.3 is 5.32 Å². The van der Waals surface area contributed by atoms with Gasteiger partial charge in [-0.2, -0.15) is 0 Å². The maximum absolute atomic E-state index is 3.55. The highest BCUT2D eigenvalue weighted by molar-refractivity contribution is 14.1. The number of unbranched alkanes of at least 4 members (excludes halogenated alkanes) is 1. The van der Waals surface area contributed by atoms with Crippen LogP contribution >= 0.6 is 22.6 Å². The first-order chi connectivity index (χ1) is 6.35. The molecule has 0 saturated carbocycles. The van der Waals surface area contributed by atoms with Crippen LogP contribution in [0.2, 0.25) is 0 Å². The van der Waals surface area contributed by atoms with Gasteiger partial charge >= 0.3 is 0 Å². The summed E-state index contributed by atoms with van der Waals surface area (Å²) < 4.78 is 2.93. The molecule has 0 aromatic carbocycles. The second kappa shape index (κ2) is 10.3. The van der Waals surface area contributed by atoms with Crippen molar-refractivity contribution < 1.29 is 0 Å². The van der Waals surface area contributed by atoms with E-state index in [1.165, 1.54) is 25.7 Å². The van der Waals surface area contributed by atoms with Crippen LogP contribution in [0, 0.1) is 9.85 Å². The number of halogens is 1. The van der Waals surface area contributed by atoms with E-state index in [-0.39, 0.29) is 0 Å². The van der Waals surface area contributed by atoms with Crippen molar-refractivity contribution in [2.24, 2.45) is 0 Å². The summed E-state index contributed by atoms with van der Waals surface area (Å²) in [5.41, 5.74) is 0. The Kier molecular flexibility index (Phi) is 10.5. The zero-order valence-electron chi connectivity index (χ0n) is 8.70. The van der Waals surface area contributed by atoms with E-state index >= 15 is 0 Å². The van der Waals surface area contributed by atoms with Crippen LogP contribution < -0.4 is 5.32 Å². The standard InChI is InChI=1S/C11H20IN/c1-3-5-10-13-11(7-4-2)8-6-9-12/h11,13H,3-5,7-8,10H2,1-2H3. The molecule has 1 atom stereocenters. The molecule has 0 fully saturated rings. The normalized spacial score (nSPS) is 11.9. The maximum atomic E-state index is 3.55. The van der Waals surface area contributed by atoms with Crippen molar-refractivity contribution in [2.75, 3.05) is 6.54 Å². The van der Waals surface area contributed by atoms with Crippen LogP contribution in [-0.2, 0) is 0 Å². The molecule has 0 heterocycles. The summed E-state index contributed by atoms with van der Waals surface area (Å²) in [5.74, 6) is 3.13. The average Bonchev–Trinajstić information content (AvgIpc) is 2.14. The Balaban J connectivity index is 3.57. The Morgan fingerprint density at radius 3 is 2.62 bits per heavy atom. The quantitative estimate of drug-likeness (QED) is 0.431. The van der Waals surface area contributed by atoms with Crippen LogP contribution in [0.4, 0.5) is 0 Å². The molecular weight excluding hydrogens is 273 g/mol. The third-order valence-corrected chi connectivity index (χ3v) is 2.40. The molecule has 2 heteroatoms. The predicted octanol–water partition coefficient (Wildman–Crippen LogP) is 3.33. The van der Waals surface area contributed by atoms with E-state index in [2.05, 4.69) is 51.6 Å². The summed E-state index contributed by atoms with van der Waals surface area (Å²) in [7, 11) is 0. The molecular formula is C11H20IN. The molecule has 0 radical (unpaired) electrons. The first kappa shape index (κ1) is 13.2. The highest BCUT2D eigenvalue weighted by atomic mass is 127. The second-order valence-electron chi connectivity index (χ2n) is 3.27. The Morgan fingerprint density at radius 2 is 2.08 bits per heavy atom. The van der Waals surface area contributed by atoms with Crippen LogP contribution in [0.25, 0.3) is 0 Å². The summed E-state index contributed by atoms with van der Waals surface area (Å²) in [6, 6.07) is 0.610. The van der Waals surface area contributed by atoms with Gasteiger partial charge in [-0.1, -0.05) is 32.6 Å². The molecule has 0 aliphatic heterocycles. The molecule has 0 aliphatic carbocycles. The van der Waals surface area contributed by atoms with Gasteiger partial charge in [-0.05, 0) is 23.3 Å². The molecule has 0 aromatic rings. The summed E-state index contributed by atoms with van der Waals surface area (Å²) in [6.45, 7) is 5.59. The molecule has 0 saturated heterocycles. The van der Waals surface area contributed by atoms with Crippen LogP contribution in [0.3, 0.4) is 0 Å². The lowest BCUT2D eigenvalue weighted by molar-refractivity contribution is 0.476. The van der Waals surface area contributed by atoms with Gasteiger partial charge in [0.15, 0.2) is 0 Å². The number of hydrogen-bond donors (Lipinski definition) is 1. The molecule has 1 nitrogen and oxygen atoms in total. The van der Waals surface area contributed by atoms with Crippen molar-refractivity contribution in [1.29, 1.82) is 0 Å². The number of nitrogens with one attached hydrogen (secondary N) is 1. The van der Waals surface area contributed by atoms with Crippen molar-refractivity contribution in [1.82, 2.24) is 5.32 Å². The van der Waals surface area contributed by atoms with E-state index in [1.807, 2.05) is 0 Å². The lowest BCUT2D eigenvalue weighted by atomic mass is 10.1. The number of rotatable bonds is 7. The highest BCUT2D eigenvalue weighted by Gasteiger charge is 2.03. The van der Waals surface area contributed by atoms with Crippen molar-refractivity contribution in [3.05, 3.63) is 0 Å². The Bertz CT molecular complexity index is 157. The molecule has 0 aliphatic rings. The van der Waals surface area contributed by atoms with Crippen molar-refractivity contribution in [3.63, 3.8) is 0 Å². The van der Waals surface area contributed by atoms with Crippen molar-refractivity contribution in [3.8, 4) is 9.85 Å². The van der Waals surface area contributed by atoms with Gasteiger partial charge in [0.2, 0.25) is 0 Å². The Labute approximate surface area is 96.2 Å². The molecule has 13 heavy (non-hydrogen) atoms. The fourth-order valence-electron chi connectivity index (χ4n) is 1.27. The third-order valence-electron chi connectivity index (χ3n) is 2.02. The van der Waals surface area contributed by atoms with E-state index in [4.69, 9.17) is 0 Å². The fourth-order valence-corrected chi connectivity index (χ4v) is 1.49. The summed E-state index contributed by atoms with van der Waals surface area (Å²) in [6.07, 6.45) is 6.03. The molecule has 0 aromatic heterocycles. The van der Waals surface area contributed by atoms with Gasteiger partial charge in [-0.25, -0.2) is 0 Å². The molecule has 1 N–H and O–H groups in total. The summed E-state index contributed by atoms with van der Waals surface area (Å²) in [4.78, 5) is 0. The molecule has 1 unspecified atom stereocenters. The highest BCUT2D eigenvalue weighted by Crippen LogP contribution is 2.01. The molecule has 0 bridgehead atoms. The van der Waals surface area contributed by atoms with Gasteiger partial charge in [0.05, 0.1) is 0 Å². The van der Waals surface area contributed by atoms with Gasteiger partial charge in [0.1, 0.15) is 0 Å². The maximum Gasteiger partial charge on any atom is 0.0251 e. The van der Waals surface area contributed by atoms with Crippen molar-refractivity contribution in [2.45, 2.75) is 52.0 Å². The predicted molar refractivity (Wildman–Crippen MR) is 68.0 cm³/mol. The van der Waals surface area contributed by atoms with E-state index in [9.17, 15) is 0 Å². The first-order valence-electron chi connectivity index (χ1n) is 5.17. The molecule has 0 spiro atoms. The molecule has 0 rings (SSSR count). The lowest BCUT2D eigenvalue weighted by Gasteiger charge is -2.14. The lowest BCUT2D eigenvalue weighted by Crippen LogP contribution is -2.29. The second-order valence-corrected chi connectivity index (χ2v) is 3.81. The molecule has 0 amide bonds. The fraction of sp³-hybridized carbons (Fsp3) is 0.818. The Morgan fingerprint density at radius 1 is 1.31 bits per heavy atom. The van der Waals surface area contributed by atoms with E-state index in [0.717, 1.165) is 13.0 Å². The zero-order valence-corrected chi connectivity index (χ0v) is 10.9. The summed E-state index contributed by atoms with van der Waals surface area (Å²) in [5, 5.41) is 3.55. The van der Waals surface area contributed by atoms with Gasteiger partial charge in [-0.15, -0.1) is 0 Å². The van der Waals surface area contributed by atoms with Crippen molar-refractivity contribution >= 4 is 22.6 Å². The minimum absolute atomic E-state index is 0.610. The number of hydrogen-bond acceptors (Lipinski definition) is 1. The average molecular weight is 293 g/mol. The van der Waals surface area contributed by atoms with Gasteiger partial charge in [-0.3, -0.25) is 0 Å². The largest absolute Gasteiger partial charge is 0.313 e. The minimum Gasteiger partial charge on any atom is -0.313 e.